The molecule has 0 aliphatic carbocycles. The third-order valence-corrected chi connectivity index (χ3v) is 5.14. The van der Waals surface area contributed by atoms with Crippen molar-refractivity contribution >= 4 is 17.7 Å². The van der Waals surface area contributed by atoms with Crippen LogP contribution >= 0.6 is 0 Å². The number of hydrogen-bond donors (Lipinski definition) is 2. The van der Waals surface area contributed by atoms with Crippen LogP contribution in [-0.2, 0) is 9.59 Å². The molecule has 1 fully saturated rings. The zero-order chi connectivity index (χ0) is 19.4. The van der Waals surface area contributed by atoms with Gasteiger partial charge in [-0.25, -0.2) is 9.78 Å². The molecule has 1 saturated heterocycles. The molecule has 0 bridgehead atoms. The lowest BCUT2D eigenvalue weighted by Crippen LogP contribution is -2.43. The number of nitrogens with one attached hydrogen (secondary N) is 1. The van der Waals surface area contributed by atoms with Crippen molar-refractivity contribution in [2.75, 3.05) is 18.0 Å². The summed E-state index contributed by atoms with van der Waals surface area (Å²) in [6.07, 6.45) is 6.29. The highest BCUT2D eigenvalue weighted by molar-refractivity contribution is 5.86. The highest BCUT2D eigenvalue weighted by Gasteiger charge is 2.29. The summed E-state index contributed by atoms with van der Waals surface area (Å²) < 4.78 is 0. The first-order chi connectivity index (χ1) is 13.0. The number of benzene rings is 1. The summed E-state index contributed by atoms with van der Waals surface area (Å²) in [5.41, 5.74) is 2.69. The molecular weight excluding hydrogens is 344 g/mol. The van der Waals surface area contributed by atoms with Gasteiger partial charge in [-0.05, 0) is 43.4 Å². The predicted octanol–water partition coefficient (Wildman–Crippen LogP) is 2.25. The summed E-state index contributed by atoms with van der Waals surface area (Å²) >= 11 is 0. The zero-order valence-corrected chi connectivity index (χ0v) is 15.6. The van der Waals surface area contributed by atoms with E-state index in [1.807, 2.05) is 26.0 Å². The number of amides is 1. The second-order valence-electron chi connectivity index (χ2n) is 6.95. The maximum atomic E-state index is 12.7. The van der Waals surface area contributed by atoms with Gasteiger partial charge < -0.3 is 15.3 Å². The Balaban J connectivity index is 1.63. The maximum absolute atomic E-state index is 12.7. The molecule has 7 heteroatoms. The quantitative estimate of drug-likeness (QED) is 0.840. The normalized spacial score (nSPS) is 16.0. The average Bonchev–Trinajstić information content (AvgIpc) is 2.69. The van der Waals surface area contributed by atoms with Gasteiger partial charge in [-0.2, -0.15) is 0 Å². The van der Waals surface area contributed by atoms with Crippen LogP contribution in [0.4, 0.5) is 5.82 Å². The number of carbonyl (C=O) groups is 2. The first-order valence-corrected chi connectivity index (χ1v) is 9.07. The van der Waals surface area contributed by atoms with Crippen molar-refractivity contribution in [1.82, 2.24) is 15.3 Å². The van der Waals surface area contributed by atoms with Gasteiger partial charge in [-0.1, -0.05) is 18.2 Å². The number of anilines is 1. The van der Waals surface area contributed by atoms with Crippen molar-refractivity contribution in [2.45, 2.75) is 32.7 Å². The Bertz CT molecular complexity index is 817. The number of aliphatic carboxylic acids is 1. The van der Waals surface area contributed by atoms with Crippen molar-refractivity contribution in [3.05, 3.63) is 53.5 Å². The average molecular weight is 368 g/mol. The minimum Gasteiger partial charge on any atom is -0.479 e. The van der Waals surface area contributed by atoms with Crippen LogP contribution in [0.25, 0.3) is 0 Å². The number of carboxylic acids is 1. The summed E-state index contributed by atoms with van der Waals surface area (Å²) in [5, 5.41) is 12.3. The lowest BCUT2D eigenvalue weighted by Gasteiger charge is -2.32. The third-order valence-electron chi connectivity index (χ3n) is 5.14. The van der Waals surface area contributed by atoms with Gasteiger partial charge in [0, 0.05) is 31.4 Å². The van der Waals surface area contributed by atoms with Crippen LogP contribution in [0.2, 0.25) is 0 Å². The Labute approximate surface area is 158 Å². The Morgan fingerprint density at radius 1 is 1.19 bits per heavy atom. The number of piperidine rings is 1. The highest BCUT2D eigenvalue weighted by Crippen LogP contribution is 2.23. The summed E-state index contributed by atoms with van der Waals surface area (Å²) in [7, 11) is 0. The number of hydrogen-bond acceptors (Lipinski definition) is 5. The molecule has 1 aliphatic heterocycles. The van der Waals surface area contributed by atoms with Gasteiger partial charge >= 0.3 is 5.97 Å². The second-order valence-corrected chi connectivity index (χ2v) is 6.95. The molecule has 1 atom stereocenters. The molecule has 27 heavy (non-hydrogen) atoms. The van der Waals surface area contributed by atoms with Gasteiger partial charge in [-0.3, -0.25) is 9.78 Å². The van der Waals surface area contributed by atoms with E-state index in [9.17, 15) is 14.7 Å². The zero-order valence-electron chi connectivity index (χ0n) is 15.6. The molecule has 1 amide bonds. The van der Waals surface area contributed by atoms with E-state index < -0.39 is 12.0 Å². The fraction of sp³-hybridized carbons (Fsp3) is 0.400. The summed E-state index contributed by atoms with van der Waals surface area (Å²) in [6.45, 7) is 5.29. The molecule has 2 aromatic rings. The lowest BCUT2D eigenvalue weighted by atomic mass is 9.94. The van der Waals surface area contributed by atoms with E-state index in [0.29, 0.717) is 31.5 Å². The van der Waals surface area contributed by atoms with Gasteiger partial charge in [0.15, 0.2) is 6.04 Å². The summed E-state index contributed by atoms with van der Waals surface area (Å²) in [4.78, 5) is 34.8. The molecule has 2 N–H and O–H groups in total. The van der Waals surface area contributed by atoms with E-state index in [-0.39, 0.29) is 11.8 Å². The van der Waals surface area contributed by atoms with E-state index in [0.717, 1.165) is 16.9 Å². The van der Waals surface area contributed by atoms with E-state index >= 15 is 0 Å². The monoisotopic (exact) mass is 368 g/mol. The standard InChI is InChI=1S/C20H24N4O3/c1-13-3-4-16(11-14(13)2)18(20(26)27)23-19(25)15-5-9-24(10-6-15)17-12-21-7-8-22-17/h3-4,7-8,11-12,15,18H,5-6,9-10H2,1-2H3,(H,23,25)(H,26,27). The van der Waals surface area contributed by atoms with Crippen LogP contribution in [0.5, 0.6) is 0 Å². The van der Waals surface area contributed by atoms with Crippen LogP contribution in [0.15, 0.2) is 36.8 Å². The number of aromatic nitrogens is 2. The third kappa shape index (κ3) is 4.42. The van der Waals surface area contributed by atoms with Crippen LogP contribution < -0.4 is 10.2 Å². The van der Waals surface area contributed by atoms with Crippen molar-refractivity contribution in [2.24, 2.45) is 5.92 Å². The molecule has 2 heterocycles. The van der Waals surface area contributed by atoms with Crippen molar-refractivity contribution in [3.63, 3.8) is 0 Å². The van der Waals surface area contributed by atoms with Gasteiger partial charge in [0.2, 0.25) is 5.91 Å². The van der Waals surface area contributed by atoms with Gasteiger partial charge in [0.25, 0.3) is 0 Å². The Morgan fingerprint density at radius 2 is 1.93 bits per heavy atom. The number of aryl methyl sites for hydroxylation is 2. The van der Waals surface area contributed by atoms with Crippen LogP contribution in [0.1, 0.15) is 35.6 Å². The van der Waals surface area contributed by atoms with E-state index in [1.165, 1.54) is 0 Å². The van der Waals surface area contributed by atoms with Crippen LogP contribution in [0, 0.1) is 19.8 Å². The second kappa shape index (κ2) is 8.16. The van der Waals surface area contributed by atoms with E-state index in [4.69, 9.17) is 0 Å². The molecule has 1 aliphatic rings. The number of nitrogens with zero attached hydrogens (tertiary/aromatic N) is 3. The molecule has 0 saturated carbocycles. The number of carbonyl (C=O) groups excluding carboxylic acids is 1. The molecular formula is C20H24N4O3. The van der Waals surface area contributed by atoms with Crippen molar-refractivity contribution in [1.29, 1.82) is 0 Å². The SMILES string of the molecule is Cc1ccc(C(NC(=O)C2CCN(c3cnccn3)CC2)C(=O)O)cc1C. The van der Waals surface area contributed by atoms with Crippen molar-refractivity contribution in [3.8, 4) is 0 Å². The van der Waals surface area contributed by atoms with E-state index in [2.05, 4.69) is 20.2 Å². The topological polar surface area (TPSA) is 95.4 Å². The van der Waals surface area contributed by atoms with E-state index in [1.54, 1.807) is 24.7 Å². The number of rotatable bonds is 5. The van der Waals surface area contributed by atoms with Crippen LogP contribution in [0.3, 0.4) is 0 Å². The van der Waals surface area contributed by atoms with Gasteiger partial charge in [0.05, 0.1) is 6.20 Å². The summed E-state index contributed by atoms with van der Waals surface area (Å²) in [6, 6.07) is 4.43. The van der Waals surface area contributed by atoms with Gasteiger partial charge in [-0.15, -0.1) is 0 Å². The Hall–Kier alpha value is -2.96. The largest absolute Gasteiger partial charge is 0.479 e. The molecule has 0 radical (unpaired) electrons. The minimum absolute atomic E-state index is 0.202. The highest BCUT2D eigenvalue weighted by atomic mass is 16.4. The fourth-order valence-corrected chi connectivity index (χ4v) is 3.32. The lowest BCUT2D eigenvalue weighted by molar-refractivity contribution is -0.142. The maximum Gasteiger partial charge on any atom is 0.330 e. The minimum atomic E-state index is -1.05. The molecule has 1 aromatic carbocycles. The molecule has 7 nitrogen and oxygen atoms in total. The smallest absolute Gasteiger partial charge is 0.330 e. The fourth-order valence-electron chi connectivity index (χ4n) is 3.32. The molecule has 0 spiro atoms. The Morgan fingerprint density at radius 3 is 2.52 bits per heavy atom. The molecule has 3 rings (SSSR count). The molecule has 1 unspecified atom stereocenters. The summed E-state index contributed by atoms with van der Waals surface area (Å²) in [5.74, 6) is -0.663. The first-order valence-electron chi connectivity index (χ1n) is 9.07. The van der Waals surface area contributed by atoms with Crippen LogP contribution in [-0.4, -0.2) is 40.0 Å². The molecule has 1 aromatic heterocycles. The Kier molecular flexibility index (Phi) is 5.69. The number of carboxylic acid groups (broad SMARTS) is 1. The van der Waals surface area contributed by atoms with Gasteiger partial charge in [0.1, 0.15) is 5.82 Å². The first kappa shape index (κ1) is 18.8. The van der Waals surface area contributed by atoms with Crippen molar-refractivity contribution < 1.29 is 14.7 Å². The molecule has 142 valence electrons. The predicted molar refractivity (Wildman–Crippen MR) is 101 cm³/mol.